The van der Waals surface area contributed by atoms with Crippen LogP contribution < -0.4 is 5.32 Å². The first-order valence-electron chi connectivity index (χ1n) is 8.77. The maximum Gasteiger partial charge on any atom is 0.256 e. The van der Waals surface area contributed by atoms with Crippen molar-refractivity contribution >= 4 is 16.8 Å². The van der Waals surface area contributed by atoms with Crippen molar-refractivity contribution in [1.29, 1.82) is 0 Å². The highest BCUT2D eigenvalue weighted by molar-refractivity contribution is 6.06. The van der Waals surface area contributed by atoms with Gasteiger partial charge in [-0.15, -0.1) is 0 Å². The Balaban J connectivity index is 2.48. The molecule has 0 spiro atoms. The van der Waals surface area contributed by atoms with Crippen molar-refractivity contribution < 1.29 is 4.79 Å². The summed E-state index contributed by atoms with van der Waals surface area (Å²) >= 11 is 0. The second-order valence-electron chi connectivity index (χ2n) is 7.17. The molecule has 1 N–H and O–H groups in total. The summed E-state index contributed by atoms with van der Waals surface area (Å²) in [6.45, 7) is 10.4. The van der Waals surface area contributed by atoms with Crippen LogP contribution in [0.15, 0.2) is 41.6 Å². The number of likely N-dealkylation sites (N-methyl/N-ethyl adjacent to an activating group) is 1. The molecule has 1 unspecified atom stereocenters. The van der Waals surface area contributed by atoms with Gasteiger partial charge in [0.15, 0.2) is 0 Å². The molecule has 0 fully saturated rings. The average Bonchev–Trinajstić information content (AvgIpc) is 2.57. The molecule has 0 bridgehead atoms. The molecule has 0 saturated heterocycles. The van der Waals surface area contributed by atoms with Crippen molar-refractivity contribution in [3.63, 3.8) is 0 Å². The Labute approximate surface area is 150 Å². The number of nitrogens with zero attached hydrogens (tertiary/aromatic N) is 2. The third-order valence-corrected chi connectivity index (χ3v) is 4.82. The maximum absolute atomic E-state index is 13.1. The highest BCUT2D eigenvalue weighted by atomic mass is 16.1. The number of benzene rings is 1. The first-order chi connectivity index (χ1) is 11.7. The molecule has 2 rings (SSSR count). The zero-order valence-electron chi connectivity index (χ0n) is 16.3. The van der Waals surface area contributed by atoms with E-state index in [2.05, 4.69) is 42.9 Å². The standard InChI is InChI=1S/C21H29N3O/c1-13(2)15(4)20(16(5)24(6)7)23-21(25)18-12-14(3)22-19-11-9-8-10-17(18)19/h8-13,16H,1-7H3,(H,23,25)/b20-15+. The van der Waals surface area contributed by atoms with Crippen LogP contribution in [0, 0.1) is 12.8 Å². The first kappa shape index (κ1) is 19.1. The van der Waals surface area contributed by atoms with Gasteiger partial charge in [0.25, 0.3) is 5.91 Å². The number of fused-ring (bicyclic) bond motifs is 1. The van der Waals surface area contributed by atoms with Gasteiger partial charge in [-0.2, -0.15) is 0 Å². The topological polar surface area (TPSA) is 45.2 Å². The van der Waals surface area contributed by atoms with Gasteiger partial charge in [-0.3, -0.25) is 9.78 Å². The first-order valence-corrected chi connectivity index (χ1v) is 8.77. The number of carbonyl (C=O) groups is 1. The molecule has 0 aliphatic rings. The lowest BCUT2D eigenvalue weighted by Crippen LogP contribution is -2.37. The van der Waals surface area contributed by atoms with Gasteiger partial charge < -0.3 is 10.2 Å². The molecule has 1 heterocycles. The van der Waals surface area contributed by atoms with E-state index in [4.69, 9.17) is 0 Å². The number of para-hydroxylation sites is 1. The van der Waals surface area contributed by atoms with Crippen molar-refractivity contribution in [3.05, 3.63) is 52.9 Å². The molecule has 1 aromatic heterocycles. The smallest absolute Gasteiger partial charge is 0.256 e. The van der Waals surface area contributed by atoms with E-state index < -0.39 is 0 Å². The highest BCUT2D eigenvalue weighted by Crippen LogP contribution is 2.21. The Morgan fingerprint density at radius 1 is 1.16 bits per heavy atom. The molecule has 25 heavy (non-hydrogen) atoms. The molecule has 1 aromatic carbocycles. The average molecular weight is 339 g/mol. The van der Waals surface area contributed by atoms with Crippen LogP contribution in [0.1, 0.15) is 43.7 Å². The molecule has 0 aliphatic heterocycles. The van der Waals surface area contributed by atoms with Crippen LogP contribution in [-0.2, 0) is 0 Å². The Kier molecular flexibility index (Phi) is 5.96. The lowest BCUT2D eigenvalue weighted by Gasteiger charge is -2.27. The van der Waals surface area contributed by atoms with Crippen molar-refractivity contribution in [2.24, 2.45) is 5.92 Å². The van der Waals surface area contributed by atoms with Crippen LogP contribution in [0.4, 0.5) is 0 Å². The van der Waals surface area contributed by atoms with Gasteiger partial charge in [-0.05, 0) is 58.5 Å². The summed E-state index contributed by atoms with van der Waals surface area (Å²) in [4.78, 5) is 19.7. The molecule has 134 valence electrons. The molecule has 1 amide bonds. The van der Waals surface area contributed by atoms with E-state index in [1.54, 1.807) is 0 Å². The summed E-state index contributed by atoms with van der Waals surface area (Å²) in [5.74, 6) is 0.291. The predicted octanol–water partition coefficient (Wildman–Crippen LogP) is 4.15. The number of aromatic nitrogens is 1. The summed E-state index contributed by atoms with van der Waals surface area (Å²) < 4.78 is 0. The summed E-state index contributed by atoms with van der Waals surface area (Å²) in [5, 5.41) is 4.07. The normalized spacial score (nSPS) is 14.0. The lowest BCUT2D eigenvalue weighted by atomic mass is 9.98. The van der Waals surface area contributed by atoms with E-state index in [1.807, 2.05) is 51.4 Å². The van der Waals surface area contributed by atoms with E-state index >= 15 is 0 Å². The van der Waals surface area contributed by atoms with Crippen LogP contribution >= 0.6 is 0 Å². The maximum atomic E-state index is 13.1. The Hall–Kier alpha value is -2.20. The second-order valence-corrected chi connectivity index (χ2v) is 7.17. The molecule has 0 saturated carbocycles. The molecular weight excluding hydrogens is 310 g/mol. The number of nitrogens with one attached hydrogen (secondary N) is 1. The Bertz CT molecular complexity index is 806. The number of allylic oxidation sites excluding steroid dienone is 1. The fourth-order valence-electron chi connectivity index (χ4n) is 2.79. The third-order valence-electron chi connectivity index (χ3n) is 4.82. The number of pyridine rings is 1. The van der Waals surface area contributed by atoms with Crippen molar-refractivity contribution in [3.8, 4) is 0 Å². The van der Waals surface area contributed by atoms with Gasteiger partial charge in [0, 0.05) is 22.8 Å². The second kappa shape index (κ2) is 7.79. The molecule has 0 aliphatic carbocycles. The Morgan fingerprint density at radius 2 is 1.80 bits per heavy atom. The monoisotopic (exact) mass is 339 g/mol. The lowest BCUT2D eigenvalue weighted by molar-refractivity contribution is 0.0960. The summed E-state index contributed by atoms with van der Waals surface area (Å²) in [6, 6.07) is 9.76. The number of carbonyl (C=O) groups excluding carboxylic acids is 1. The van der Waals surface area contributed by atoms with Crippen LogP contribution in [0.5, 0.6) is 0 Å². The van der Waals surface area contributed by atoms with E-state index in [-0.39, 0.29) is 11.9 Å². The minimum Gasteiger partial charge on any atom is -0.324 e. The number of hydrogen-bond acceptors (Lipinski definition) is 3. The van der Waals surface area contributed by atoms with Crippen LogP contribution in [-0.4, -0.2) is 35.9 Å². The van der Waals surface area contributed by atoms with Gasteiger partial charge in [0.2, 0.25) is 0 Å². The molecule has 4 heteroatoms. The molecule has 0 radical (unpaired) electrons. The van der Waals surface area contributed by atoms with Crippen molar-refractivity contribution in [1.82, 2.24) is 15.2 Å². The number of hydrogen-bond donors (Lipinski definition) is 1. The van der Waals surface area contributed by atoms with Gasteiger partial charge in [-0.25, -0.2) is 0 Å². The largest absolute Gasteiger partial charge is 0.324 e. The van der Waals surface area contributed by atoms with Crippen molar-refractivity contribution in [2.75, 3.05) is 14.1 Å². The van der Waals surface area contributed by atoms with Gasteiger partial charge in [-0.1, -0.05) is 32.0 Å². The minimum absolute atomic E-state index is 0.0783. The molecule has 4 nitrogen and oxygen atoms in total. The van der Waals surface area contributed by atoms with E-state index in [0.717, 1.165) is 22.3 Å². The van der Waals surface area contributed by atoms with Crippen LogP contribution in [0.2, 0.25) is 0 Å². The van der Waals surface area contributed by atoms with Gasteiger partial charge in [0.05, 0.1) is 11.1 Å². The van der Waals surface area contributed by atoms with E-state index in [9.17, 15) is 4.79 Å². The van der Waals surface area contributed by atoms with Gasteiger partial charge in [0.1, 0.15) is 0 Å². The van der Waals surface area contributed by atoms with E-state index in [1.165, 1.54) is 5.57 Å². The quantitative estimate of drug-likeness (QED) is 0.890. The fourth-order valence-corrected chi connectivity index (χ4v) is 2.79. The zero-order valence-corrected chi connectivity index (χ0v) is 16.3. The SMILES string of the molecule is C/C(=C(\NC(=O)c1cc(C)nc2ccccc12)C(C)N(C)C)C(C)C. The summed E-state index contributed by atoms with van der Waals surface area (Å²) in [5.41, 5.74) is 4.53. The highest BCUT2D eigenvalue weighted by Gasteiger charge is 2.20. The summed E-state index contributed by atoms with van der Waals surface area (Å²) in [7, 11) is 4.05. The van der Waals surface area contributed by atoms with Crippen LogP contribution in [0.3, 0.4) is 0 Å². The Morgan fingerprint density at radius 3 is 2.40 bits per heavy atom. The molecule has 2 aromatic rings. The summed E-state index contributed by atoms with van der Waals surface area (Å²) in [6.07, 6.45) is 0. The molecule has 1 atom stereocenters. The van der Waals surface area contributed by atoms with Crippen molar-refractivity contribution in [2.45, 2.75) is 40.7 Å². The fraction of sp³-hybridized carbons (Fsp3) is 0.429. The number of rotatable bonds is 5. The van der Waals surface area contributed by atoms with Crippen LogP contribution in [0.25, 0.3) is 10.9 Å². The number of amides is 1. The van der Waals surface area contributed by atoms with E-state index in [0.29, 0.717) is 11.5 Å². The molecular formula is C21H29N3O. The minimum atomic E-state index is -0.0783. The van der Waals surface area contributed by atoms with Gasteiger partial charge >= 0.3 is 0 Å². The predicted molar refractivity (Wildman–Crippen MR) is 105 cm³/mol. The zero-order chi connectivity index (χ0) is 18.7. The number of aryl methyl sites for hydroxylation is 1. The third kappa shape index (κ3) is 4.26.